The van der Waals surface area contributed by atoms with Crippen molar-refractivity contribution in [2.24, 2.45) is 0 Å². The second kappa shape index (κ2) is 6.48. The van der Waals surface area contributed by atoms with Crippen LogP contribution < -0.4 is 5.32 Å². The Kier molecular flexibility index (Phi) is 4.17. The maximum Gasteiger partial charge on any atom is 0.317 e. The summed E-state index contributed by atoms with van der Waals surface area (Å²) in [6, 6.07) is 12.2. The van der Waals surface area contributed by atoms with Crippen molar-refractivity contribution in [2.75, 3.05) is 13.1 Å². The van der Waals surface area contributed by atoms with Crippen molar-refractivity contribution in [3.63, 3.8) is 0 Å². The van der Waals surface area contributed by atoms with Gasteiger partial charge in [0.05, 0.1) is 19.2 Å². The maximum atomic E-state index is 12.8. The van der Waals surface area contributed by atoms with Gasteiger partial charge < -0.3 is 15.0 Å². The molecule has 1 N–H and O–H groups in total. The number of nitrogens with one attached hydrogen (secondary N) is 1. The van der Waals surface area contributed by atoms with Crippen molar-refractivity contribution in [3.8, 4) is 0 Å². The van der Waals surface area contributed by atoms with Crippen LogP contribution in [0.25, 0.3) is 0 Å². The van der Waals surface area contributed by atoms with Gasteiger partial charge in [-0.1, -0.05) is 31.2 Å². The molecule has 2 atom stereocenters. The van der Waals surface area contributed by atoms with E-state index in [9.17, 15) is 4.79 Å². The Balaban J connectivity index is 1.46. The van der Waals surface area contributed by atoms with Crippen molar-refractivity contribution in [1.82, 2.24) is 15.2 Å². The minimum absolute atomic E-state index is 0.00355. The second-order valence-corrected chi connectivity index (χ2v) is 6.80. The molecule has 130 valence electrons. The Morgan fingerprint density at radius 3 is 2.92 bits per heavy atom. The van der Waals surface area contributed by atoms with E-state index in [0.717, 1.165) is 18.4 Å². The largest absolute Gasteiger partial charge is 0.364 e. The second-order valence-electron chi connectivity index (χ2n) is 6.80. The fourth-order valence-corrected chi connectivity index (χ4v) is 3.93. The SMILES string of the molecule is CCC(NC(=O)N1CCC2(C1)OCc1ccccc12)c1ccncc1. The van der Waals surface area contributed by atoms with Gasteiger partial charge in [0, 0.05) is 25.4 Å². The Morgan fingerprint density at radius 2 is 2.12 bits per heavy atom. The third-order valence-electron chi connectivity index (χ3n) is 5.35. The molecule has 25 heavy (non-hydrogen) atoms. The van der Waals surface area contributed by atoms with E-state index in [0.29, 0.717) is 19.7 Å². The average molecular weight is 337 g/mol. The number of ether oxygens (including phenoxy) is 1. The van der Waals surface area contributed by atoms with Crippen LogP contribution in [0.15, 0.2) is 48.8 Å². The lowest BCUT2D eigenvalue weighted by Crippen LogP contribution is -2.42. The van der Waals surface area contributed by atoms with Gasteiger partial charge in [-0.05, 0) is 35.2 Å². The number of benzene rings is 1. The number of amides is 2. The number of nitrogens with zero attached hydrogens (tertiary/aromatic N) is 2. The Bertz CT molecular complexity index is 765. The summed E-state index contributed by atoms with van der Waals surface area (Å²) >= 11 is 0. The van der Waals surface area contributed by atoms with Crippen LogP contribution in [0, 0.1) is 0 Å². The lowest BCUT2D eigenvalue weighted by molar-refractivity contribution is -0.0272. The van der Waals surface area contributed by atoms with Crippen LogP contribution in [0.5, 0.6) is 0 Å². The number of aromatic nitrogens is 1. The highest BCUT2D eigenvalue weighted by Gasteiger charge is 2.46. The number of likely N-dealkylation sites (tertiary alicyclic amines) is 1. The average Bonchev–Trinajstić information content (AvgIpc) is 3.26. The summed E-state index contributed by atoms with van der Waals surface area (Å²) in [6.07, 6.45) is 5.22. The van der Waals surface area contributed by atoms with Gasteiger partial charge in [-0.25, -0.2) is 4.79 Å². The molecule has 0 radical (unpaired) electrons. The van der Waals surface area contributed by atoms with Crippen LogP contribution in [0.3, 0.4) is 0 Å². The molecule has 1 aromatic heterocycles. The number of urea groups is 1. The summed E-state index contributed by atoms with van der Waals surface area (Å²) in [6.45, 7) is 4.04. The fourth-order valence-electron chi connectivity index (χ4n) is 3.93. The first kappa shape index (κ1) is 16.1. The number of hydrogen-bond donors (Lipinski definition) is 1. The van der Waals surface area contributed by atoms with E-state index >= 15 is 0 Å². The molecule has 5 heteroatoms. The summed E-state index contributed by atoms with van der Waals surface area (Å²) in [5.41, 5.74) is 3.24. The molecule has 2 aliphatic rings. The van der Waals surface area contributed by atoms with Crippen LogP contribution in [0.1, 0.15) is 42.5 Å². The van der Waals surface area contributed by atoms with Gasteiger partial charge in [-0.3, -0.25) is 4.98 Å². The van der Waals surface area contributed by atoms with E-state index in [4.69, 9.17) is 4.74 Å². The van der Waals surface area contributed by atoms with Gasteiger partial charge in [-0.2, -0.15) is 0 Å². The summed E-state index contributed by atoms with van der Waals surface area (Å²) in [5.74, 6) is 0. The minimum Gasteiger partial charge on any atom is -0.364 e. The molecule has 4 rings (SSSR count). The molecule has 0 saturated carbocycles. The van der Waals surface area contributed by atoms with Crippen LogP contribution in [-0.2, 0) is 16.9 Å². The quantitative estimate of drug-likeness (QED) is 0.934. The first-order chi connectivity index (χ1) is 12.2. The lowest BCUT2D eigenvalue weighted by Gasteiger charge is -2.26. The van der Waals surface area contributed by atoms with Crippen LogP contribution in [-0.4, -0.2) is 29.0 Å². The number of rotatable bonds is 3. The molecule has 1 spiro atoms. The van der Waals surface area contributed by atoms with E-state index in [1.54, 1.807) is 12.4 Å². The predicted octanol–water partition coefficient (Wildman–Crippen LogP) is 3.37. The topological polar surface area (TPSA) is 54.5 Å². The molecule has 2 aromatic rings. The Hall–Kier alpha value is -2.40. The van der Waals surface area contributed by atoms with Gasteiger partial charge in [0.1, 0.15) is 5.60 Å². The zero-order valence-corrected chi connectivity index (χ0v) is 14.4. The van der Waals surface area contributed by atoms with Crippen molar-refractivity contribution < 1.29 is 9.53 Å². The summed E-state index contributed by atoms with van der Waals surface area (Å²) in [5, 5.41) is 3.16. The van der Waals surface area contributed by atoms with Gasteiger partial charge in [0.25, 0.3) is 0 Å². The standard InChI is InChI=1S/C20H23N3O2/c1-2-18(15-7-10-21-11-8-15)22-19(24)23-12-9-20(14-23)17-6-4-3-5-16(17)13-25-20/h3-8,10-11,18H,2,9,12-14H2,1H3,(H,22,24). The summed E-state index contributed by atoms with van der Waals surface area (Å²) < 4.78 is 6.14. The molecule has 1 aromatic carbocycles. The van der Waals surface area contributed by atoms with Crippen molar-refractivity contribution in [1.29, 1.82) is 0 Å². The number of carbonyl (C=O) groups is 1. The molecule has 2 amide bonds. The van der Waals surface area contributed by atoms with Gasteiger partial charge in [-0.15, -0.1) is 0 Å². The molecule has 0 aliphatic carbocycles. The van der Waals surface area contributed by atoms with Gasteiger partial charge >= 0.3 is 6.03 Å². The lowest BCUT2D eigenvalue weighted by atomic mass is 9.92. The highest BCUT2D eigenvalue weighted by Crippen LogP contribution is 2.43. The first-order valence-corrected chi connectivity index (χ1v) is 8.89. The molecule has 1 saturated heterocycles. The zero-order chi connectivity index (χ0) is 17.3. The number of hydrogen-bond acceptors (Lipinski definition) is 3. The molecular weight excluding hydrogens is 314 g/mol. The van der Waals surface area contributed by atoms with E-state index in [2.05, 4.69) is 35.4 Å². The van der Waals surface area contributed by atoms with Crippen molar-refractivity contribution in [3.05, 3.63) is 65.5 Å². The fraction of sp³-hybridized carbons (Fsp3) is 0.400. The molecule has 2 unspecified atom stereocenters. The third kappa shape index (κ3) is 2.89. The van der Waals surface area contributed by atoms with E-state index in [1.165, 1.54) is 11.1 Å². The number of pyridine rings is 1. The number of carbonyl (C=O) groups excluding carboxylic acids is 1. The van der Waals surface area contributed by atoms with Crippen molar-refractivity contribution in [2.45, 2.75) is 38.0 Å². The highest BCUT2D eigenvalue weighted by atomic mass is 16.5. The third-order valence-corrected chi connectivity index (χ3v) is 5.35. The minimum atomic E-state index is -0.327. The normalized spacial score (nSPS) is 22.8. The predicted molar refractivity (Wildman–Crippen MR) is 94.9 cm³/mol. The molecule has 0 bridgehead atoms. The van der Waals surface area contributed by atoms with Gasteiger partial charge in [0.2, 0.25) is 0 Å². The van der Waals surface area contributed by atoms with E-state index in [1.807, 2.05) is 23.1 Å². The molecule has 2 aliphatic heterocycles. The molecular formula is C20H23N3O2. The maximum absolute atomic E-state index is 12.8. The first-order valence-electron chi connectivity index (χ1n) is 8.89. The number of fused-ring (bicyclic) bond motifs is 2. The smallest absolute Gasteiger partial charge is 0.317 e. The zero-order valence-electron chi connectivity index (χ0n) is 14.4. The van der Waals surface area contributed by atoms with Gasteiger partial charge in [0.15, 0.2) is 0 Å². The van der Waals surface area contributed by atoms with Crippen LogP contribution >= 0.6 is 0 Å². The Morgan fingerprint density at radius 1 is 1.32 bits per heavy atom. The van der Waals surface area contributed by atoms with E-state index in [-0.39, 0.29) is 17.7 Å². The monoisotopic (exact) mass is 337 g/mol. The molecule has 5 nitrogen and oxygen atoms in total. The molecule has 1 fully saturated rings. The van der Waals surface area contributed by atoms with Crippen molar-refractivity contribution >= 4 is 6.03 Å². The van der Waals surface area contributed by atoms with E-state index < -0.39 is 0 Å². The van der Waals surface area contributed by atoms with Crippen LogP contribution in [0.2, 0.25) is 0 Å². The highest BCUT2D eigenvalue weighted by molar-refractivity contribution is 5.75. The Labute approximate surface area is 148 Å². The summed E-state index contributed by atoms with van der Waals surface area (Å²) in [7, 11) is 0. The molecule has 3 heterocycles. The summed E-state index contributed by atoms with van der Waals surface area (Å²) in [4.78, 5) is 18.7. The van der Waals surface area contributed by atoms with Crippen LogP contribution in [0.4, 0.5) is 4.79 Å².